The van der Waals surface area contributed by atoms with E-state index in [0.29, 0.717) is 23.3 Å². The molecule has 1 aromatic carbocycles. The van der Waals surface area contributed by atoms with E-state index in [1.54, 1.807) is 12.1 Å². The zero-order valence-corrected chi connectivity index (χ0v) is 16.2. The summed E-state index contributed by atoms with van der Waals surface area (Å²) >= 11 is 5.45. The highest BCUT2D eigenvalue weighted by atomic mass is 32.1. The molecule has 0 aliphatic heterocycles. The molecular weight excluding hydrogens is 344 g/mol. The molecule has 4 aliphatic carbocycles. The van der Waals surface area contributed by atoms with Gasteiger partial charge in [-0.3, -0.25) is 10.1 Å². The van der Waals surface area contributed by atoms with Gasteiger partial charge in [0.15, 0.2) is 5.11 Å². The van der Waals surface area contributed by atoms with Gasteiger partial charge in [0.25, 0.3) is 5.91 Å². The third kappa shape index (κ3) is 3.73. The van der Waals surface area contributed by atoms with Gasteiger partial charge in [0.2, 0.25) is 0 Å². The number of benzene rings is 1. The first-order valence-corrected chi connectivity index (χ1v) is 10.4. The largest absolute Gasteiger partial charge is 0.494 e. The van der Waals surface area contributed by atoms with Gasteiger partial charge in [-0.25, -0.2) is 0 Å². The molecule has 0 unspecified atom stereocenters. The van der Waals surface area contributed by atoms with E-state index in [-0.39, 0.29) is 5.91 Å². The van der Waals surface area contributed by atoms with Gasteiger partial charge in [-0.15, -0.1) is 0 Å². The van der Waals surface area contributed by atoms with Gasteiger partial charge in [-0.1, -0.05) is 6.92 Å². The van der Waals surface area contributed by atoms with Crippen LogP contribution in [0.3, 0.4) is 0 Å². The minimum absolute atomic E-state index is 0.159. The van der Waals surface area contributed by atoms with E-state index < -0.39 is 0 Å². The van der Waals surface area contributed by atoms with Crippen LogP contribution in [0.4, 0.5) is 0 Å². The average Bonchev–Trinajstić information content (AvgIpc) is 2.62. The molecule has 4 saturated carbocycles. The number of rotatable bonds is 5. The van der Waals surface area contributed by atoms with Crippen molar-refractivity contribution in [1.29, 1.82) is 0 Å². The topological polar surface area (TPSA) is 50.4 Å². The number of hydrogen-bond donors (Lipinski definition) is 2. The summed E-state index contributed by atoms with van der Waals surface area (Å²) in [5.74, 6) is 3.97. The first kappa shape index (κ1) is 17.8. The molecule has 26 heavy (non-hydrogen) atoms. The van der Waals surface area contributed by atoms with Gasteiger partial charge < -0.3 is 10.1 Å². The van der Waals surface area contributed by atoms with E-state index in [9.17, 15) is 4.79 Å². The second-order valence-corrected chi connectivity index (χ2v) is 8.67. The highest BCUT2D eigenvalue weighted by molar-refractivity contribution is 7.80. The number of ether oxygens (including phenoxy) is 1. The second kappa shape index (κ2) is 7.55. The normalized spacial score (nSPS) is 31.5. The Hall–Kier alpha value is -1.62. The van der Waals surface area contributed by atoms with Crippen molar-refractivity contribution in [1.82, 2.24) is 10.6 Å². The van der Waals surface area contributed by atoms with E-state index in [1.807, 2.05) is 12.1 Å². The van der Waals surface area contributed by atoms with Crippen LogP contribution in [-0.4, -0.2) is 23.7 Å². The second-order valence-electron chi connectivity index (χ2n) is 8.26. The molecule has 5 rings (SSSR count). The van der Waals surface area contributed by atoms with E-state index in [0.717, 1.165) is 35.8 Å². The molecule has 0 spiro atoms. The Morgan fingerprint density at radius 2 is 1.69 bits per heavy atom. The van der Waals surface area contributed by atoms with Crippen molar-refractivity contribution in [3.63, 3.8) is 0 Å². The van der Waals surface area contributed by atoms with Crippen LogP contribution in [0.25, 0.3) is 0 Å². The first-order valence-electron chi connectivity index (χ1n) is 9.97. The summed E-state index contributed by atoms with van der Waals surface area (Å²) in [7, 11) is 0. The van der Waals surface area contributed by atoms with Gasteiger partial charge in [0.05, 0.1) is 6.61 Å². The first-order chi connectivity index (χ1) is 12.6. The highest BCUT2D eigenvalue weighted by Crippen LogP contribution is 2.53. The van der Waals surface area contributed by atoms with Crippen LogP contribution in [0.2, 0.25) is 0 Å². The van der Waals surface area contributed by atoms with E-state index >= 15 is 0 Å². The van der Waals surface area contributed by atoms with Crippen LogP contribution in [0.15, 0.2) is 24.3 Å². The number of amides is 1. The lowest BCUT2D eigenvalue weighted by Gasteiger charge is -2.54. The lowest BCUT2D eigenvalue weighted by atomic mass is 9.54. The minimum atomic E-state index is -0.159. The molecule has 0 saturated heterocycles. The average molecular weight is 373 g/mol. The Kier molecular flexibility index (Phi) is 5.16. The Bertz CT molecular complexity index is 645. The molecule has 0 radical (unpaired) electrons. The monoisotopic (exact) mass is 372 g/mol. The maximum absolute atomic E-state index is 12.4. The van der Waals surface area contributed by atoms with Crippen molar-refractivity contribution in [3.05, 3.63) is 29.8 Å². The molecule has 2 N–H and O–H groups in total. The SMILES string of the molecule is CCCOc1ccc(C(=O)NC(=S)NC2C3CC4CC(C3)CC2C4)cc1. The molecule has 5 heteroatoms. The molecule has 1 amide bonds. The standard InChI is InChI=1S/C21H28N2O2S/c1-2-7-25-18-5-3-15(4-6-18)20(24)23-21(26)22-19-16-9-13-8-14(11-16)12-17(19)10-13/h3-6,13-14,16-17,19H,2,7-12H2,1H3,(H2,22,23,24,26). The van der Waals surface area contributed by atoms with Crippen molar-refractivity contribution < 1.29 is 9.53 Å². The number of carbonyl (C=O) groups excluding carboxylic acids is 1. The van der Waals surface area contributed by atoms with Crippen LogP contribution >= 0.6 is 12.2 Å². The molecule has 4 bridgehead atoms. The Morgan fingerprint density at radius 3 is 2.27 bits per heavy atom. The number of thiocarbonyl (C=S) groups is 1. The van der Waals surface area contributed by atoms with Crippen LogP contribution in [0.5, 0.6) is 5.75 Å². The quantitative estimate of drug-likeness (QED) is 0.770. The maximum Gasteiger partial charge on any atom is 0.257 e. The summed E-state index contributed by atoms with van der Waals surface area (Å²) < 4.78 is 5.56. The smallest absolute Gasteiger partial charge is 0.257 e. The summed E-state index contributed by atoms with van der Waals surface area (Å²) in [5.41, 5.74) is 0.600. The molecule has 4 fully saturated rings. The van der Waals surface area contributed by atoms with Crippen LogP contribution in [0.1, 0.15) is 55.8 Å². The summed E-state index contributed by atoms with van der Waals surface area (Å²) in [6.07, 6.45) is 7.74. The Balaban J connectivity index is 1.31. The molecule has 1 aromatic rings. The molecule has 0 aromatic heterocycles. The summed E-state index contributed by atoms with van der Waals surface area (Å²) in [6.45, 7) is 2.75. The number of carbonyl (C=O) groups is 1. The lowest BCUT2D eigenvalue weighted by Crippen LogP contribution is -2.57. The summed E-state index contributed by atoms with van der Waals surface area (Å²) in [5, 5.41) is 6.81. The van der Waals surface area contributed by atoms with Crippen molar-refractivity contribution in [2.24, 2.45) is 23.7 Å². The van der Waals surface area contributed by atoms with Crippen LogP contribution in [0, 0.1) is 23.7 Å². The number of hydrogen-bond acceptors (Lipinski definition) is 3. The van der Waals surface area contributed by atoms with Crippen molar-refractivity contribution in [2.75, 3.05) is 6.61 Å². The zero-order valence-electron chi connectivity index (χ0n) is 15.4. The van der Waals surface area contributed by atoms with Crippen LogP contribution < -0.4 is 15.4 Å². The fraction of sp³-hybridized carbons (Fsp3) is 0.619. The van der Waals surface area contributed by atoms with Crippen molar-refractivity contribution in [2.45, 2.75) is 51.5 Å². The summed E-state index contributed by atoms with van der Waals surface area (Å²) in [6, 6.07) is 7.68. The van der Waals surface area contributed by atoms with Gasteiger partial charge in [0.1, 0.15) is 5.75 Å². The molecule has 0 atom stereocenters. The molecule has 140 valence electrons. The third-order valence-corrected chi connectivity index (χ3v) is 6.56. The van der Waals surface area contributed by atoms with Crippen molar-refractivity contribution in [3.8, 4) is 5.75 Å². The van der Waals surface area contributed by atoms with Gasteiger partial charge in [-0.05, 0) is 98.7 Å². The predicted octanol–water partition coefficient (Wildman–Crippen LogP) is 3.90. The lowest BCUT2D eigenvalue weighted by molar-refractivity contribution is -0.00692. The summed E-state index contributed by atoms with van der Waals surface area (Å²) in [4.78, 5) is 12.4. The Morgan fingerprint density at radius 1 is 1.08 bits per heavy atom. The highest BCUT2D eigenvalue weighted by Gasteiger charge is 2.48. The molecule has 4 nitrogen and oxygen atoms in total. The molecule has 4 aliphatic rings. The third-order valence-electron chi connectivity index (χ3n) is 6.34. The fourth-order valence-electron chi connectivity index (χ4n) is 5.45. The predicted molar refractivity (Wildman–Crippen MR) is 106 cm³/mol. The van der Waals surface area contributed by atoms with E-state index in [2.05, 4.69) is 17.6 Å². The van der Waals surface area contributed by atoms with E-state index in [1.165, 1.54) is 32.1 Å². The fourth-order valence-corrected chi connectivity index (χ4v) is 5.67. The Labute approximate surface area is 161 Å². The van der Waals surface area contributed by atoms with E-state index in [4.69, 9.17) is 17.0 Å². The van der Waals surface area contributed by atoms with Gasteiger partial charge in [0, 0.05) is 11.6 Å². The zero-order chi connectivity index (χ0) is 18.1. The van der Waals surface area contributed by atoms with Crippen LogP contribution in [-0.2, 0) is 0 Å². The molecule has 0 heterocycles. The maximum atomic E-state index is 12.4. The number of nitrogens with one attached hydrogen (secondary N) is 2. The van der Waals surface area contributed by atoms with Gasteiger partial charge >= 0.3 is 0 Å². The van der Waals surface area contributed by atoms with Gasteiger partial charge in [-0.2, -0.15) is 0 Å². The molecular formula is C21H28N2O2S. The van der Waals surface area contributed by atoms with Crippen molar-refractivity contribution >= 4 is 23.2 Å². The minimum Gasteiger partial charge on any atom is -0.494 e.